The van der Waals surface area contributed by atoms with Gasteiger partial charge in [-0.25, -0.2) is 9.97 Å². The molecule has 1 aromatic carbocycles. The number of alkyl halides is 3. The molecule has 0 aliphatic carbocycles. The van der Waals surface area contributed by atoms with Gasteiger partial charge in [0, 0.05) is 62.2 Å². The maximum atomic E-state index is 12.6. The van der Waals surface area contributed by atoms with E-state index in [4.69, 9.17) is 0 Å². The van der Waals surface area contributed by atoms with Crippen LogP contribution >= 0.6 is 0 Å². The van der Waals surface area contributed by atoms with Crippen LogP contribution in [0.3, 0.4) is 0 Å². The summed E-state index contributed by atoms with van der Waals surface area (Å²) < 4.78 is 44.3. The van der Waals surface area contributed by atoms with E-state index in [0.29, 0.717) is 5.95 Å². The van der Waals surface area contributed by atoms with E-state index in [2.05, 4.69) is 76.9 Å². The standard InChI is InChI=1S/C22H22F3N7O/c1-31-12-15(17-4-2-3-5-18(17)31)13-32-8-6-16(7-9-32)28-21-26-10-14(11-27-21)19-29-20(33-30-19)22(23,24)25/h2-5,10-12,16H,6-9,13H2,1H3,(H,26,27,28). The fourth-order valence-electron chi connectivity index (χ4n) is 4.18. The minimum Gasteiger partial charge on any atom is -0.351 e. The fourth-order valence-corrected chi connectivity index (χ4v) is 4.18. The lowest BCUT2D eigenvalue weighted by molar-refractivity contribution is -0.159. The number of nitrogens with one attached hydrogen (secondary N) is 1. The number of rotatable bonds is 5. The molecule has 0 saturated carbocycles. The van der Waals surface area contributed by atoms with Gasteiger partial charge in [-0.1, -0.05) is 23.4 Å². The van der Waals surface area contributed by atoms with Crippen LogP contribution in [0.15, 0.2) is 47.4 Å². The van der Waals surface area contributed by atoms with Gasteiger partial charge in [0.05, 0.1) is 5.56 Å². The predicted octanol–water partition coefficient (Wildman–Crippen LogP) is 4.11. The fraction of sp³-hybridized carbons (Fsp3) is 0.364. The van der Waals surface area contributed by atoms with E-state index in [1.165, 1.54) is 28.9 Å². The van der Waals surface area contributed by atoms with E-state index in [-0.39, 0.29) is 17.4 Å². The summed E-state index contributed by atoms with van der Waals surface area (Å²) in [5.74, 6) is -1.17. The SMILES string of the molecule is Cn1cc(CN2CCC(Nc3ncc(-c4noc(C(F)(F)F)n4)cn3)CC2)c2ccccc21. The number of aryl methyl sites for hydroxylation is 1. The van der Waals surface area contributed by atoms with Crippen molar-refractivity contribution in [3.8, 4) is 11.4 Å². The van der Waals surface area contributed by atoms with Gasteiger partial charge in [0.15, 0.2) is 0 Å². The van der Waals surface area contributed by atoms with E-state index < -0.39 is 12.1 Å². The van der Waals surface area contributed by atoms with Crippen LogP contribution < -0.4 is 5.32 Å². The van der Waals surface area contributed by atoms with Crippen molar-refractivity contribution in [2.24, 2.45) is 7.05 Å². The molecule has 1 aliphatic heterocycles. The highest BCUT2D eigenvalue weighted by Gasteiger charge is 2.38. The van der Waals surface area contributed by atoms with Crippen LogP contribution in [0, 0.1) is 0 Å². The number of likely N-dealkylation sites (tertiary alicyclic amines) is 1. The average molecular weight is 457 g/mol. The van der Waals surface area contributed by atoms with Gasteiger partial charge < -0.3 is 14.4 Å². The van der Waals surface area contributed by atoms with Crippen molar-refractivity contribution in [2.75, 3.05) is 18.4 Å². The number of nitrogens with zero attached hydrogens (tertiary/aromatic N) is 6. The molecule has 5 rings (SSSR count). The molecule has 172 valence electrons. The summed E-state index contributed by atoms with van der Waals surface area (Å²) in [5, 5.41) is 7.95. The Morgan fingerprint density at radius 3 is 2.55 bits per heavy atom. The van der Waals surface area contributed by atoms with Crippen molar-refractivity contribution in [2.45, 2.75) is 31.6 Å². The summed E-state index contributed by atoms with van der Waals surface area (Å²) in [5.41, 5.74) is 2.82. The molecule has 0 spiro atoms. The zero-order valence-corrected chi connectivity index (χ0v) is 17.9. The first-order valence-electron chi connectivity index (χ1n) is 10.6. The molecule has 3 aromatic heterocycles. The summed E-state index contributed by atoms with van der Waals surface area (Å²) >= 11 is 0. The van der Waals surface area contributed by atoms with Crippen LogP contribution in [0.5, 0.6) is 0 Å². The second kappa shape index (κ2) is 8.47. The van der Waals surface area contributed by atoms with E-state index in [1.807, 2.05) is 0 Å². The molecule has 1 saturated heterocycles. The van der Waals surface area contributed by atoms with Gasteiger partial charge in [0.1, 0.15) is 0 Å². The molecule has 0 radical (unpaired) electrons. The lowest BCUT2D eigenvalue weighted by atomic mass is 10.0. The Labute approximate surface area is 187 Å². The van der Waals surface area contributed by atoms with E-state index in [9.17, 15) is 13.2 Å². The predicted molar refractivity (Wildman–Crippen MR) is 115 cm³/mol. The molecule has 33 heavy (non-hydrogen) atoms. The van der Waals surface area contributed by atoms with Gasteiger partial charge in [0.25, 0.3) is 0 Å². The number of fused-ring (bicyclic) bond motifs is 1. The molecule has 0 amide bonds. The molecule has 1 aliphatic rings. The molecular formula is C22H22F3N7O. The van der Waals surface area contributed by atoms with Crippen LogP contribution in [0.4, 0.5) is 19.1 Å². The number of hydrogen-bond acceptors (Lipinski definition) is 7. The van der Waals surface area contributed by atoms with Gasteiger partial charge >= 0.3 is 12.1 Å². The molecule has 0 unspecified atom stereocenters. The van der Waals surface area contributed by atoms with Gasteiger partial charge in [-0.05, 0) is 24.5 Å². The Hall–Kier alpha value is -3.47. The summed E-state index contributed by atoms with van der Waals surface area (Å²) in [6, 6.07) is 8.65. The highest BCUT2D eigenvalue weighted by atomic mass is 19.4. The minimum absolute atomic E-state index is 0.199. The molecule has 1 fully saturated rings. The van der Waals surface area contributed by atoms with Crippen LogP contribution in [0.2, 0.25) is 0 Å². The number of halogens is 3. The number of piperidine rings is 1. The van der Waals surface area contributed by atoms with Crippen LogP contribution in [0.1, 0.15) is 24.3 Å². The molecule has 1 N–H and O–H groups in total. The molecule has 4 heterocycles. The molecule has 4 aromatic rings. The average Bonchev–Trinajstić information content (AvgIpc) is 3.42. The zero-order valence-electron chi connectivity index (χ0n) is 17.9. The van der Waals surface area contributed by atoms with Gasteiger partial charge in [-0.2, -0.15) is 18.2 Å². The monoisotopic (exact) mass is 457 g/mol. The zero-order chi connectivity index (χ0) is 23.0. The van der Waals surface area contributed by atoms with Crippen LogP contribution in [0.25, 0.3) is 22.3 Å². The Bertz CT molecular complexity index is 1240. The maximum absolute atomic E-state index is 12.6. The largest absolute Gasteiger partial charge is 0.471 e. The van der Waals surface area contributed by atoms with Gasteiger partial charge in [-0.3, -0.25) is 4.90 Å². The molecule has 11 heteroatoms. The van der Waals surface area contributed by atoms with E-state index >= 15 is 0 Å². The second-order valence-electron chi connectivity index (χ2n) is 8.19. The number of anilines is 1. The van der Waals surface area contributed by atoms with E-state index in [0.717, 1.165) is 32.5 Å². The van der Waals surface area contributed by atoms with Crippen LogP contribution in [-0.4, -0.2) is 48.7 Å². The number of para-hydroxylation sites is 1. The third-order valence-electron chi connectivity index (χ3n) is 5.87. The number of aromatic nitrogens is 5. The smallest absolute Gasteiger partial charge is 0.351 e. The Morgan fingerprint density at radius 2 is 1.85 bits per heavy atom. The minimum atomic E-state index is -4.68. The Kier molecular flexibility index (Phi) is 5.49. The third kappa shape index (κ3) is 4.54. The van der Waals surface area contributed by atoms with Crippen molar-refractivity contribution >= 4 is 16.9 Å². The number of hydrogen-bond donors (Lipinski definition) is 1. The van der Waals surface area contributed by atoms with E-state index in [1.54, 1.807) is 0 Å². The molecule has 8 nitrogen and oxygen atoms in total. The summed E-state index contributed by atoms with van der Waals surface area (Å²) in [6.07, 6.45) is 2.17. The van der Waals surface area contributed by atoms with Crippen molar-refractivity contribution in [1.82, 2.24) is 29.6 Å². The quantitative estimate of drug-likeness (QED) is 0.483. The van der Waals surface area contributed by atoms with Gasteiger partial charge in [0.2, 0.25) is 11.8 Å². The van der Waals surface area contributed by atoms with Crippen molar-refractivity contribution < 1.29 is 17.7 Å². The highest BCUT2D eigenvalue weighted by Crippen LogP contribution is 2.29. The van der Waals surface area contributed by atoms with Crippen molar-refractivity contribution in [3.63, 3.8) is 0 Å². The Morgan fingerprint density at radius 1 is 1.12 bits per heavy atom. The molecule has 0 atom stereocenters. The van der Waals surface area contributed by atoms with Crippen molar-refractivity contribution in [1.29, 1.82) is 0 Å². The second-order valence-corrected chi connectivity index (χ2v) is 8.19. The van der Waals surface area contributed by atoms with Crippen LogP contribution in [-0.2, 0) is 19.8 Å². The first-order chi connectivity index (χ1) is 15.9. The lowest BCUT2D eigenvalue weighted by Gasteiger charge is -2.32. The highest BCUT2D eigenvalue weighted by molar-refractivity contribution is 5.83. The van der Waals surface area contributed by atoms with Crippen molar-refractivity contribution in [3.05, 3.63) is 54.3 Å². The summed E-state index contributed by atoms with van der Waals surface area (Å²) in [6.45, 7) is 2.80. The third-order valence-corrected chi connectivity index (χ3v) is 5.87. The first-order valence-corrected chi connectivity index (χ1v) is 10.6. The lowest BCUT2D eigenvalue weighted by Crippen LogP contribution is -2.38. The topological polar surface area (TPSA) is 84.9 Å². The molecular weight excluding hydrogens is 435 g/mol. The maximum Gasteiger partial charge on any atom is 0.471 e. The van der Waals surface area contributed by atoms with Gasteiger partial charge in [-0.15, -0.1) is 0 Å². The Balaban J connectivity index is 1.16. The molecule has 0 bridgehead atoms. The summed E-state index contributed by atoms with van der Waals surface area (Å²) in [4.78, 5) is 14.2. The number of benzene rings is 1. The summed E-state index contributed by atoms with van der Waals surface area (Å²) in [7, 11) is 2.07. The normalized spacial score (nSPS) is 15.9. The first kappa shape index (κ1) is 21.4.